The first-order chi connectivity index (χ1) is 10.0. The first-order valence-electron chi connectivity index (χ1n) is 6.54. The summed E-state index contributed by atoms with van der Waals surface area (Å²) < 4.78 is 27.2. The maximum atomic E-state index is 12.4. The standard InChI is InChI=1S/C13H17ClN4O2S/c1-2-7-15-8-10-9-16-17-13(10)21(19,20)18-12-5-3-11(14)4-6-12/h3-6,9,15,18H,2,7-8H2,1H3,(H,16,17). The largest absolute Gasteiger partial charge is 0.313 e. The topological polar surface area (TPSA) is 86.9 Å². The van der Waals surface area contributed by atoms with Crippen molar-refractivity contribution in [2.75, 3.05) is 11.3 Å². The van der Waals surface area contributed by atoms with Gasteiger partial charge in [-0.25, -0.2) is 0 Å². The van der Waals surface area contributed by atoms with E-state index >= 15 is 0 Å². The van der Waals surface area contributed by atoms with Gasteiger partial charge in [-0.2, -0.15) is 13.5 Å². The molecule has 1 aromatic heterocycles. The van der Waals surface area contributed by atoms with Gasteiger partial charge in [-0.15, -0.1) is 0 Å². The lowest BCUT2D eigenvalue weighted by Crippen LogP contribution is -2.19. The van der Waals surface area contributed by atoms with E-state index in [1.54, 1.807) is 24.3 Å². The quantitative estimate of drug-likeness (QED) is 0.681. The van der Waals surface area contributed by atoms with Crippen molar-refractivity contribution < 1.29 is 8.42 Å². The van der Waals surface area contributed by atoms with E-state index in [1.807, 2.05) is 6.92 Å². The number of rotatable bonds is 7. The highest BCUT2D eigenvalue weighted by Crippen LogP contribution is 2.19. The van der Waals surface area contributed by atoms with Crippen molar-refractivity contribution in [1.29, 1.82) is 0 Å². The first kappa shape index (κ1) is 15.8. The van der Waals surface area contributed by atoms with Gasteiger partial charge in [0.15, 0.2) is 5.03 Å². The van der Waals surface area contributed by atoms with Gasteiger partial charge < -0.3 is 5.32 Å². The number of nitrogens with one attached hydrogen (secondary N) is 3. The molecule has 2 rings (SSSR count). The monoisotopic (exact) mass is 328 g/mol. The molecule has 0 aliphatic carbocycles. The molecule has 0 aliphatic heterocycles. The van der Waals surface area contributed by atoms with Crippen molar-refractivity contribution in [3.05, 3.63) is 41.0 Å². The number of anilines is 1. The second kappa shape index (κ2) is 6.93. The molecule has 3 N–H and O–H groups in total. The summed E-state index contributed by atoms with van der Waals surface area (Å²) in [5, 5.41) is 10.1. The molecule has 0 unspecified atom stereocenters. The van der Waals surface area contributed by atoms with Crippen molar-refractivity contribution in [1.82, 2.24) is 15.5 Å². The molecule has 0 bridgehead atoms. The Morgan fingerprint density at radius 2 is 2.00 bits per heavy atom. The minimum absolute atomic E-state index is 0.0704. The van der Waals surface area contributed by atoms with Gasteiger partial charge in [-0.3, -0.25) is 9.82 Å². The molecule has 0 spiro atoms. The summed E-state index contributed by atoms with van der Waals surface area (Å²) in [6, 6.07) is 6.45. The minimum atomic E-state index is -3.70. The summed E-state index contributed by atoms with van der Waals surface area (Å²) in [7, 11) is -3.70. The molecule has 0 aliphatic rings. The summed E-state index contributed by atoms with van der Waals surface area (Å²) in [6.45, 7) is 3.30. The highest BCUT2D eigenvalue weighted by Gasteiger charge is 2.20. The molecular formula is C13H17ClN4O2S. The fraction of sp³-hybridized carbons (Fsp3) is 0.308. The Bertz CT molecular complexity index is 682. The highest BCUT2D eigenvalue weighted by molar-refractivity contribution is 7.92. The lowest BCUT2D eigenvalue weighted by atomic mass is 10.3. The van der Waals surface area contributed by atoms with Crippen LogP contribution in [0.2, 0.25) is 5.02 Å². The van der Waals surface area contributed by atoms with Crippen LogP contribution in [0.5, 0.6) is 0 Å². The van der Waals surface area contributed by atoms with Gasteiger partial charge in [0.05, 0.1) is 6.20 Å². The molecule has 114 valence electrons. The van der Waals surface area contributed by atoms with Gasteiger partial charge in [-0.05, 0) is 37.2 Å². The molecule has 1 heterocycles. The summed E-state index contributed by atoms with van der Waals surface area (Å²) >= 11 is 5.78. The molecule has 0 radical (unpaired) electrons. The Morgan fingerprint density at radius 1 is 1.29 bits per heavy atom. The molecule has 1 aromatic carbocycles. The molecule has 21 heavy (non-hydrogen) atoms. The number of hydrogen-bond acceptors (Lipinski definition) is 4. The van der Waals surface area contributed by atoms with Crippen LogP contribution in [-0.4, -0.2) is 25.2 Å². The lowest BCUT2D eigenvalue weighted by Gasteiger charge is -2.08. The number of hydrogen-bond donors (Lipinski definition) is 3. The number of nitrogens with zero attached hydrogens (tertiary/aromatic N) is 1. The van der Waals surface area contributed by atoms with Crippen molar-refractivity contribution in [3.8, 4) is 0 Å². The third kappa shape index (κ3) is 4.20. The molecule has 2 aromatic rings. The number of benzene rings is 1. The van der Waals surface area contributed by atoms with Crippen LogP contribution in [0.15, 0.2) is 35.5 Å². The molecule has 8 heteroatoms. The van der Waals surface area contributed by atoms with Crippen molar-refractivity contribution in [2.24, 2.45) is 0 Å². The lowest BCUT2D eigenvalue weighted by molar-refractivity contribution is 0.593. The van der Waals surface area contributed by atoms with E-state index in [9.17, 15) is 8.42 Å². The number of sulfonamides is 1. The van der Waals surface area contributed by atoms with Crippen LogP contribution >= 0.6 is 11.6 Å². The Morgan fingerprint density at radius 3 is 2.67 bits per heavy atom. The molecule has 0 saturated heterocycles. The van der Waals surface area contributed by atoms with Crippen LogP contribution in [0, 0.1) is 0 Å². The summed E-state index contributed by atoms with van der Waals surface area (Å²) in [5.74, 6) is 0. The van der Waals surface area contributed by atoms with Crippen molar-refractivity contribution in [3.63, 3.8) is 0 Å². The maximum Gasteiger partial charge on any atom is 0.279 e. The van der Waals surface area contributed by atoms with Crippen molar-refractivity contribution in [2.45, 2.75) is 24.9 Å². The third-order valence-electron chi connectivity index (χ3n) is 2.79. The molecule has 0 fully saturated rings. The normalized spacial score (nSPS) is 11.5. The zero-order valence-corrected chi connectivity index (χ0v) is 13.1. The van der Waals surface area contributed by atoms with Gasteiger partial charge in [0.1, 0.15) is 0 Å². The minimum Gasteiger partial charge on any atom is -0.313 e. The summed E-state index contributed by atoms with van der Waals surface area (Å²) in [6.07, 6.45) is 2.49. The summed E-state index contributed by atoms with van der Waals surface area (Å²) in [5.41, 5.74) is 1.05. The van der Waals surface area contributed by atoms with E-state index in [1.165, 1.54) is 6.20 Å². The zero-order valence-electron chi connectivity index (χ0n) is 11.6. The predicted octanol–water partition coefficient (Wildman–Crippen LogP) is 2.36. The van der Waals surface area contributed by atoms with Crippen LogP contribution in [0.3, 0.4) is 0 Å². The Balaban J connectivity index is 2.16. The molecular weight excluding hydrogens is 312 g/mol. The van der Waals surface area contributed by atoms with Gasteiger partial charge >= 0.3 is 0 Å². The first-order valence-corrected chi connectivity index (χ1v) is 8.40. The Labute approximate surface area is 129 Å². The number of aromatic nitrogens is 2. The van der Waals surface area contributed by atoms with Crippen LogP contribution in [-0.2, 0) is 16.6 Å². The van der Waals surface area contributed by atoms with Gasteiger partial charge in [0.25, 0.3) is 10.0 Å². The van der Waals surface area contributed by atoms with Crippen LogP contribution < -0.4 is 10.0 Å². The highest BCUT2D eigenvalue weighted by atomic mass is 35.5. The van der Waals surface area contributed by atoms with E-state index in [-0.39, 0.29) is 5.03 Å². The predicted molar refractivity (Wildman–Crippen MR) is 82.8 cm³/mol. The summed E-state index contributed by atoms with van der Waals surface area (Å²) in [4.78, 5) is 0. The molecule has 6 nitrogen and oxygen atoms in total. The smallest absolute Gasteiger partial charge is 0.279 e. The fourth-order valence-corrected chi connectivity index (χ4v) is 3.10. The van der Waals surface area contributed by atoms with E-state index < -0.39 is 10.0 Å². The van der Waals surface area contributed by atoms with Gasteiger partial charge in [0.2, 0.25) is 0 Å². The van der Waals surface area contributed by atoms with Gasteiger partial charge in [-0.1, -0.05) is 18.5 Å². The third-order valence-corrected chi connectivity index (χ3v) is 4.43. The average Bonchev–Trinajstić information content (AvgIpc) is 2.91. The maximum absolute atomic E-state index is 12.4. The second-order valence-electron chi connectivity index (χ2n) is 4.51. The van der Waals surface area contributed by atoms with E-state index in [0.29, 0.717) is 22.8 Å². The Kier molecular flexibility index (Phi) is 5.22. The molecule has 0 atom stereocenters. The number of H-pyrrole nitrogens is 1. The number of halogens is 1. The molecule has 0 saturated carbocycles. The van der Waals surface area contributed by atoms with Gasteiger partial charge in [0, 0.05) is 22.8 Å². The van der Waals surface area contributed by atoms with E-state index in [0.717, 1.165) is 13.0 Å². The SMILES string of the molecule is CCCNCc1cn[nH]c1S(=O)(=O)Nc1ccc(Cl)cc1. The van der Waals surface area contributed by atoms with E-state index in [4.69, 9.17) is 11.6 Å². The average molecular weight is 329 g/mol. The van der Waals surface area contributed by atoms with Crippen LogP contribution in [0.1, 0.15) is 18.9 Å². The molecule has 0 amide bonds. The zero-order chi connectivity index (χ0) is 15.3. The Hall–Kier alpha value is -1.57. The van der Waals surface area contributed by atoms with Crippen molar-refractivity contribution >= 4 is 27.3 Å². The second-order valence-corrected chi connectivity index (χ2v) is 6.57. The van der Waals surface area contributed by atoms with Crippen LogP contribution in [0.25, 0.3) is 0 Å². The fourth-order valence-electron chi connectivity index (χ4n) is 1.78. The number of aromatic amines is 1. The van der Waals surface area contributed by atoms with Crippen LogP contribution in [0.4, 0.5) is 5.69 Å². The van der Waals surface area contributed by atoms with E-state index in [2.05, 4.69) is 20.2 Å².